The maximum atomic E-state index is 5.94. The molecule has 0 atom stereocenters. The van der Waals surface area contributed by atoms with Gasteiger partial charge in [-0.1, -0.05) is 36.4 Å². The SMILES string of the molecule is COc1ccc2c(c1)-c1nc(N)nc(-c3ccccc3)c1C2. The number of methoxy groups -OCH3 is 1. The molecular formula is C18H15N3O. The Morgan fingerprint density at radius 2 is 1.77 bits per heavy atom. The summed E-state index contributed by atoms with van der Waals surface area (Å²) in [5.74, 6) is 1.12. The van der Waals surface area contributed by atoms with Crippen LogP contribution in [0.2, 0.25) is 0 Å². The third-order valence-electron chi connectivity index (χ3n) is 4.01. The zero-order valence-corrected chi connectivity index (χ0v) is 12.2. The molecular weight excluding hydrogens is 274 g/mol. The average Bonchev–Trinajstić information content (AvgIpc) is 2.92. The van der Waals surface area contributed by atoms with Crippen molar-refractivity contribution in [2.75, 3.05) is 12.8 Å². The van der Waals surface area contributed by atoms with Crippen LogP contribution in [0.3, 0.4) is 0 Å². The minimum Gasteiger partial charge on any atom is -0.497 e. The van der Waals surface area contributed by atoms with Crippen LogP contribution in [0.1, 0.15) is 11.1 Å². The molecule has 2 N–H and O–H groups in total. The first-order chi connectivity index (χ1) is 10.8. The molecule has 0 saturated carbocycles. The average molecular weight is 289 g/mol. The van der Waals surface area contributed by atoms with Crippen LogP contribution < -0.4 is 10.5 Å². The number of anilines is 1. The Bertz CT molecular complexity index is 860. The molecule has 108 valence electrons. The van der Waals surface area contributed by atoms with Gasteiger partial charge in [0.2, 0.25) is 5.95 Å². The summed E-state index contributed by atoms with van der Waals surface area (Å²) in [5, 5.41) is 0. The number of hydrogen-bond acceptors (Lipinski definition) is 4. The fourth-order valence-corrected chi connectivity index (χ4v) is 2.97. The highest BCUT2D eigenvalue weighted by Gasteiger charge is 2.25. The monoisotopic (exact) mass is 289 g/mol. The molecule has 0 fully saturated rings. The van der Waals surface area contributed by atoms with Gasteiger partial charge in [0.1, 0.15) is 5.75 Å². The number of nitrogens with zero attached hydrogens (tertiary/aromatic N) is 2. The molecule has 0 unspecified atom stereocenters. The molecule has 0 bridgehead atoms. The lowest BCUT2D eigenvalue weighted by molar-refractivity contribution is 0.415. The molecule has 2 aromatic carbocycles. The van der Waals surface area contributed by atoms with Gasteiger partial charge in [-0.2, -0.15) is 0 Å². The largest absolute Gasteiger partial charge is 0.497 e. The summed E-state index contributed by atoms with van der Waals surface area (Å²) in [4.78, 5) is 8.94. The second-order valence-corrected chi connectivity index (χ2v) is 5.32. The van der Waals surface area contributed by atoms with Gasteiger partial charge in [-0.25, -0.2) is 9.97 Å². The molecule has 0 amide bonds. The van der Waals surface area contributed by atoms with Gasteiger partial charge < -0.3 is 10.5 Å². The van der Waals surface area contributed by atoms with Crippen LogP contribution in [-0.2, 0) is 6.42 Å². The number of ether oxygens (including phenoxy) is 1. The van der Waals surface area contributed by atoms with Crippen LogP contribution in [0.4, 0.5) is 5.95 Å². The minimum absolute atomic E-state index is 0.299. The van der Waals surface area contributed by atoms with Crippen molar-refractivity contribution in [2.24, 2.45) is 0 Å². The molecule has 1 aliphatic rings. The summed E-state index contributed by atoms with van der Waals surface area (Å²) in [6.07, 6.45) is 0.819. The molecule has 3 aromatic rings. The third-order valence-corrected chi connectivity index (χ3v) is 4.01. The van der Waals surface area contributed by atoms with Crippen molar-refractivity contribution >= 4 is 5.95 Å². The van der Waals surface area contributed by atoms with E-state index in [1.807, 2.05) is 42.5 Å². The lowest BCUT2D eigenvalue weighted by atomic mass is 10.0. The number of benzene rings is 2. The van der Waals surface area contributed by atoms with E-state index in [4.69, 9.17) is 10.5 Å². The zero-order valence-electron chi connectivity index (χ0n) is 12.2. The van der Waals surface area contributed by atoms with E-state index in [-0.39, 0.29) is 0 Å². The smallest absolute Gasteiger partial charge is 0.221 e. The Labute approximate surface area is 128 Å². The first-order valence-corrected chi connectivity index (χ1v) is 7.15. The van der Waals surface area contributed by atoms with E-state index in [1.165, 1.54) is 5.56 Å². The lowest BCUT2D eigenvalue weighted by Gasteiger charge is -2.08. The van der Waals surface area contributed by atoms with Gasteiger partial charge in [-0.05, 0) is 17.7 Å². The first-order valence-electron chi connectivity index (χ1n) is 7.15. The van der Waals surface area contributed by atoms with Crippen LogP contribution in [0.15, 0.2) is 48.5 Å². The van der Waals surface area contributed by atoms with E-state index < -0.39 is 0 Å². The van der Waals surface area contributed by atoms with E-state index in [0.717, 1.165) is 40.2 Å². The highest BCUT2D eigenvalue weighted by atomic mass is 16.5. The number of hydrogen-bond donors (Lipinski definition) is 1. The van der Waals surface area contributed by atoms with Crippen LogP contribution in [-0.4, -0.2) is 17.1 Å². The van der Waals surface area contributed by atoms with Crippen LogP contribution in [0.5, 0.6) is 5.75 Å². The first kappa shape index (κ1) is 12.8. The molecule has 0 saturated heterocycles. The van der Waals surface area contributed by atoms with Gasteiger partial charge in [-0.3, -0.25) is 0 Å². The van der Waals surface area contributed by atoms with Crippen molar-refractivity contribution in [1.82, 2.24) is 9.97 Å². The van der Waals surface area contributed by atoms with Gasteiger partial charge in [0.15, 0.2) is 0 Å². The predicted octanol–water partition coefficient (Wildman–Crippen LogP) is 3.31. The van der Waals surface area contributed by atoms with Crippen LogP contribution in [0.25, 0.3) is 22.5 Å². The summed E-state index contributed by atoms with van der Waals surface area (Å²) in [5.41, 5.74) is 12.3. The molecule has 4 nitrogen and oxygen atoms in total. The van der Waals surface area contributed by atoms with Crippen molar-refractivity contribution in [2.45, 2.75) is 6.42 Å². The van der Waals surface area contributed by atoms with Crippen LogP contribution >= 0.6 is 0 Å². The van der Waals surface area contributed by atoms with E-state index in [2.05, 4.69) is 16.0 Å². The fraction of sp³-hybridized carbons (Fsp3) is 0.111. The molecule has 0 spiro atoms. The second kappa shape index (κ2) is 4.84. The number of fused-ring (bicyclic) bond motifs is 3. The van der Waals surface area contributed by atoms with E-state index in [9.17, 15) is 0 Å². The maximum Gasteiger partial charge on any atom is 0.221 e. The van der Waals surface area contributed by atoms with Gasteiger partial charge in [-0.15, -0.1) is 0 Å². The summed E-state index contributed by atoms with van der Waals surface area (Å²) >= 11 is 0. The van der Waals surface area contributed by atoms with Gasteiger partial charge in [0, 0.05) is 23.1 Å². The van der Waals surface area contributed by atoms with Crippen molar-refractivity contribution in [3.63, 3.8) is 0 Å². The van der Waals surface area contributed by atoms with E-state index in [1.54, 1.807) is 7.11 Å². The molecule has 0 radical (unpaired) electrons. The van der Waals surface area contributed by atoms with Gasteiger partial charge in [0.25, 0.3) is 0 Å². The third kappa shape index (κ3) is 1.92. The molecule has 1 aliphatic carbocycles. The normalized spacial score (nSPS) is 11.9. The Morgan fingerprint density at radius 3 is 2.55 bits per heavy atom. The Morgan fingerprint density at radius 1 is 1.00 bits per heavy atom. The predicted molar refractivity (Wildman–Crippen MR) is 86.7 cm³/mol. The Kier molecular flexibility index (Phi) is 2.82. The molecule has 1 heterocycles. The fourth-order valence-electron chi connectivity index (χ4n) is 2.97. The second-order valence-electron chi connectivity index (χ2n) is 5.32. The van der Waals surface area contributed by atoms with Gasteiger partial charge >= 0.3 is 0 Å². The van der Waals surface area contributed by atoms with Crippen molar-refractivity contribution in [3.05, 3.63) is 59.7 Å². The highest BCUT2D eigenvalue weighted by Crippen LogP contribution is 2.41. The van der Waals surface area contributed by atoms with Crippen molar-refractivity contribution in [1.29, 1.82) is 0 Å². The highest BCUT2D eigenvalue weighted by molar-refractivity contribution is 5.82. The van der Waals surface area contributed by atoms with Crippen molar-refractivity contribution in [3.8, 4) is 28.3 Å². The summed E-state index contributed by atoms with van der Waals surface area (Å²) in [7, 11) is 1.67. The molecule has 0 aliphatic heterocycles. The lowest BCUT2D eigenvalue weighted by Crippen LogP contribution is -2.01. The minimum atomic E-state index is 0.299. The molecule has 4 rings (SSSR count). The summed E-state index contributed by atoms with van der Waals surface area (Å²) in [6, 6.07) is 16.2. The summed E-state index contributed by atoms with van der Waals surface area (Å²) in [6.45, 7) is 0. The van der Waals surface area contributed by atoms with Crippen LogP contribution in [0, 0.1) is 0 Å². The number of nitrogen functional groups attached to an aromatic ring is 1. The van der Waals surface area contributed by atoms with Crippen molar-refractivity contribution < 1.29 is 4.74 Å². The summed E-state index contributed by atoms with van der Waals surface area (Å²) < 4.78 is 5.32. The quantitative estimate of drug-likeness (QED) is 0.615. The number of rotatable bonds is 2. The van der Waals surface area contributed by atoms with E-state index in [0.29, 0.717) is 5.95 Å². The Hall–Kier alpha value is -2.88. The molecule has 1 aromatic heterocycles. The standard InChI is InChI=1S/C18H15N3O/c1-22-13-8-7-12-9-15-16(11-5-3-2-4-6-11)20-18(19)21-17(15)14(12)10-13/h2-8,10H,9H2,1H3,(H2,19,20,21). The molecule has 22 heavy (non-hydrogen) atoms. The molecule has 4 heteroatoms. The number of aromatic nitrogens is 2. The maximum absolute atomic E-state index is 5.94. The van der Waals surface area contributed by atoms with E-state index >= 15 is 0 Å². The zero-order chi connectivity index (χ0) is 15.1. The van der Waals surface area contributed by atoms with Gasteiger partial charge in [0.05, 0.1) is 18.5 Å². The number of nitrogens with two attached hydrogens (primary N) is 1. The topological polar surface area (TPSA) is 61.0 Å². The Balaban J connectivity index is 1.95.